The van der Waals surface area contributed by atoms with Crippen LogP contribution in [0.25, 0.3) is 6.08 Å². The van der Waals surface area contributed by atoms with Gasteiger partial charge in [0.25, 0.3) is 5.91 Å². The lowest BCUT2D eigenvalue weighted by Crippen LogP contribution is -2.28. The van der Waals surface area contributed by atoms with E-state index in [0.29, 0.717) is 21.4 Å². The number of hydrogen-bond donors (Lipinski definition) is 2. The van der Waals surface area contributed by atoms with Crippen molar-refractivity contribution >= 4 is 51.1 Å². The van der Waals surface area contributed by atoms with Gasteiger partial charge in [0.2, 0.25) is 0 Å². The second-order valence-electron chi connectivity index (χ2n) is 6.50. The average Bonchev–Trinajstić information content (AvgIpc) is 3.36. The molecule has 2 heterocycles. The zero-order valence-corrected chi connectivity index (χ0v) is 18.4. The second-order valence-corrected chi connectivity index (χ2v) is 8.43. The van der Waals surface area contributed by atoms with E-state index in [1.165, 1.54) is 22.9 Å². The molecule has 2 aromatic carbocycles. The van der Waals surface area contributed by atoms with Crippen molar-refractivity contribution in [2.24, 2.45) is 10.2 Å². The van der Waals surface area contributed by atoms with Crippen LogP contribution in [-0.4, -0.2) is 32.4 Å². The number of nitrogens with zero attached hydrogens (tertiary/aromatic N) is 3. The van der Waals surface area contributed by atoms with Gasteiger partial charge in [-0.25, -0.2) is 0 Å². The van der Waals surface area contributed by atoms with Crippen LogP contribution in [0.1, 0.15) is 16.9 Å². The third kappa shape index (κ3) is 5.07. The molecule has 3 aromatic rings. The van der Waals surface area contributed by atoms with E-state index in [1.807, 2.05) is 0 Å². The number of amides is 1. The number of benzene rings is 2. The van der Waals surface area contributed by atoms with Crippen LogP contribution in [-0.2, 0) is 11.3 Å². The fraction of sp³-hybridized carbons (Fsp3) is 0.0455. The van der Waals surface area contributed by atoms with Crippen molar-refractivity contribution in [2.45, 2.75) is 6.54 Å². The third-order valence-corrected chi connectivity index (χ3v) is 5.79. The SMILES string of the molecule is O=C1/C(=C/c2ccc(O)cc2)S/C(=N\N=C\c2cc(Br)ccc2O)N1Cc1ccco1. The summed E-state index contributed by atoms with van der Waals surface area (Å²) in [6.07, 6.45) is 4.69. The fourth-order valence-electron chi connectivity index (χ4n) is 2.77. The van der Waals surface area contributed by atoms with Crippen molar-refractivity contribution in [1.82, 2.24) is 4.90 Å². The van der Waals surface area contributed by atoms with Crippen LogP contribution in [0.4, 0.5) is 0 Å². The molecule has 0 aliphatic carbocycles. The quantitative estimate of drug-likeness (QED) is 0.294. The highest BCUT2D eigenvalue weighted by Gasteiger charge is 2.34. The van der Waals surface area contributed by atoms with Gasteiger partial charge in [-0.2, -0.15) is 5.10 Å². The van der Waals surface area contributed by atoms with E-state index in [2.05, 4.69) is 26.1 Å². The summed E-state index contributed by atoms with van der Waals surface area (Å²) < 4.78 is 6.17. The van der Waals surface area contributed by atoms with Gasteiger partial charge in [0.05, 0.1) is 23.9 Å². The number of halogens is 1. The first kappa shape index (κ1) is 21.0. The Balaban J connectivity index is 1.63. The molecule has 156 valence electrons. The fourth-order valence-corrected chi connectivity index (χ4v) is 4.09. The summed E-state index contributed by atoms with van der Waals surface area (Å²) >= 11 is 4.54. The van der Waals surface area contributed by atoms with E-state index < -0.39 is 0 Å². The topological polar surface area (TPSA) is 98.6 Å². The first-order chi connectivity index (χ1) is 15.0. The molecular formula is C22H16BrN3O4S. The summed E-state index contributed by atoms with van der Waals surface area (Å²) in [5.41, 5.74) is 1.26. The Kier molecular flexibility index (Phi) is 6.24. The number of carbonyl (C=O) groups is 1. The zero-order valence-electron chi connectivity index (χ0n) is 16.0. The molecule has 0 bridgehead atoms. The van der Waals surface area contributed by atoms with Crippen LogP contribution in [0.3, 0.4) is 0 Å². The second kappa shape index (κ2) is 9.23. The highest BCUT2D eigenvalue weighted by molar-refractivity contribution is 9.10. The molecular weight excluding hydrogens is 482 g/mol. The Morgan fingerprint density at radius 3 is 2.68 bits per heavy atom. The summed E-state index contributed by atoms with van der Waals surface area (Å²) in [5.74, 6) is 0.608. The number of amidine groups is 1. The van der Waals surface area contributed by atoms with Crippen molar-refractivity contribution in [1.29, 1.82) is 0 Å². The molecule has 4 rings (SSSR count). The number of hydrogen-bond acceptors (Lipinski definition) is 7. The maximum absolute atomic E-state index is 13.0. The van der Waals surface area contributed by atoms with Crippen molar-refractivity contribution in [2.75, 3.05) is 0 Å². The van der Waals surface area contributed by atoms with Gasteiger partial charge in [0.1, 0.15) is 17.3 Å². The number of aromatic hydroxyl groups is 2. The minimum absolute atomic E-state index is 0.0719. The van der Waals surface area contributed by atoms with Crippen molar-refractivity contribution < 1.29 is 19.4 Å². The number of phenolic OH excluding ortho intramolecular Hbond substituents is 2. The molecule has 1 aromatic heterocycles. The van der Waals surface area contributed by atoms with Crippen LogP contribution < -0.4 is 0 Å². The van der Waals surface area contributed by atoms with Crippen LogP contribution in [0.15, 0.2) is 84.9 Å². The standard InChI is InChI=1S/C22H16BrN3O4S/c23-16-5-8-19(28)15(11-16)12-24-25-22-26(13-18-2-1-9-30-18)21(29)20(31-22)10-14-3-6-17(27)7-4-14/h1-12,27-28H,13H2/b20-10-,24-12+,25-22-. The monoisotopic (exact) mass is 497 g/mol. The van der Waals surface area contributed by atoms with Crippen LogP contribution >= 0.6 is 27.7 Å². The first-order valence-electron chi connectivity index (χ1n) is 9.12. The van der Waals surface area contributed by atoms with Crippen LogP contribution in [0.2, 0.25) is 0 Å². The highest BCUT2D eigenvalue weighted by atomic mass is 79.9. The van der Waals surface area contributed by atoms with Gasteiger partial charge in [-0.15, -0.1) is 5.10 Å². The van der Waals surface area contributed by atoms with Crippen LogP contribution in [0, 0.1) is 0 Å². The summed E-state index contributed by atoms with van der Waals surface area (Å²) in [5, 5.41) is 28.1. The number of thioether (sulfide) groups is 1. The van der Waals surface area contributed by atoms with Gasteiger partial charge < -0.3 is 14.6 Å². The van der Waals surface area contributed by atoms with Gasteiger partial charge in [0.15, 0.2) is 5.17 Å². The predicted molar refractivity (Wildman–Crippen MR) is 124 cm³/mol. The minimum atomic E-state index is -0.228. The third-order valence-electron chi connectivity index (χ3n) is 4.30. The van der Waals surface area contributed by atoms with E-state index >= 15 is 0 Å². The molecule has 1 aliphatic rings. The summed E-state index contributed by atoms with van der Waals surface area (Å²) in [6.45, 7) is 0.211. The molecule has 1 fully saturated rings. The summed E-state index contributed by atoms with van der Waals surface area (Å²) in [4.78, 5) is 15.0. The lowest BCUT2D eigenvalue weighted by molar-refractivity contribution is -0.122. The molecule has 0 saturated carbocycles. The first-order valence-corrected chi connectivity index (χ1v) is 10.7. The lowest BCUT2D eigenvalue weighted by atomic mass is 10.2. The van der Waals surface area contributed by atoms with Crippen molar-refractivity contribution in [3.8, 4) is 11.5 Å². The van der Waals surface area contributed by atoms with E-state index in [4.69, 9.17) is 4.42 Å². The van der Waals surface area contributed by atoms with Gasteiger partial charge >= 0.3 is 0 Å². The van der Waals surface area contributed by atoms with Gasteiger partial charge in [-0.3, -0.25) is 9.69 Å². The van der Waals surface area contributed by atoms with Crippen LogP contribution in [0.5, 0.6) is 11.5 Å². The Bertz CT molecular complexity index is 1190. The van der Waals surface area contributed by atoms with Crippen molar-refractivity contribution in [3.63, 3.8) is 0 Å². The molecule has 2 N–H and O–H groups in total. The minimum Gasteiger partial charge on any atom is -0.508 e. The molecule has 0 unspecified atom stereocenters. The van der Waals surface area contributed by atoms with Gasteiger partial charge in [-0.05, 0) is 65.9 Å². The molecule has 1 saturated heterocycles. The number of furan rings is 1. The largest absolute Gasteiger partial charge is 0.508 e. The normalized spacial score (nSPS) is 16.8. The molecule has 9 heteroatoms. The number of rotatable bonds is 5. The van der Waals surface area contributed by atoms with E-state index in [1.54, 1.807) is 66.9 Å². The Labute approximate surface area is 190 Å². The maximum atomic E-state index is 13.0. The number of phenols is 2. The van der Waals surface area contributed by atoms with Gasteiger partial charge in [0, 0.05) is 10.0 Å². The number of carbonyl (C=O) groups excluding carboxylic acids is 1. The molecule has 1 amide bonds. The summed E-state index contributed by atoms with van der Waals surface area (Å²) in [7, 11) is 0. The summed E-state index contributed by atoms with van der Waals surface area (Å²) in [6, 6.07) is 15.1. The van der Waals surface area contributed by atoms with E-state index in [-0.39, 0.29) is 24.0 Å². The maximum Gasteiger partial charge on any atom is 0.267 e. The molecule has 0 atom stereocenters. The molecule has 0 spiro atoms. The zero-order chi connectivity index (χ0) is 21.8. The Hall–Kier alpha value is -3.30. The average molecular weight is 498 g/mol. The molecule has 31 heavy (non-hydrogen) atoms. The van der Waals surface area contributed by atoms with E-state index in [9.17, 15) is 15.0 Å². The molecule has 0 radical (unpaired) electrons. The van der Waals surface area contributed by atoms with Crippen molar-refractivity contribution in [3.05, 3.63) is 87.1 Å². The molecule has 7 nitrogen and oxygen atoms in total. The smallest absolute Gasteiger partial charge is 0.267 e. The Morgan fingerprint density at radius 2 is 1.94 bits per heavy atom. The van der Waals surface area contributed by atoms with Gasteiger partial charge in [-0.1, -0.05) is 28.1 Å². The van der Waals surface area contributed by atoms with E-state index in [0.717, 1.165) is 10.0 Å². The Morgan fingerprint density at radius 1 is 1.13 bits per heavy atom. The highest BCUT2D eigenvalue weighted by Crippen LogP contribution is 2.34. The lowest BCUT2D eigenvalue weighted by Gasteiger charge is -2.12. The molecule has 1 aliphatic heterocycles. The predicted octanol–water partition coefficient (Wildman–Crippen LogP) is 4.96.